The molecule has 12 heteroatoms. The Morgan fingerprint density at radius 3 is 1.08 bits per heavy atom. The Labute approximate surface area is 465 Å². The second-order valence-electron chi connectivity index (χ2n) is 20.8. The zero-order valence-electron chi connectivity index (χ0n) is 49.0. The van der Waals surface area contributed by atoms with Crippen molar-refractivity contribution in [3.05, 3.63) is 60.8 Å². The summed E-state index contributed by atoms with van der Waals surface area (Å²) < 4.78 is 39.6. The van der Waals surface area contributed by atoms with Gasteiger partial charge in [0.2, 0.25) is 0 Å². The van der Waals surface area contributed by atoms with Gasteiger partial charge in [0.05, 0.1) is 19.8 Å². The Kier molecular flexibility index (Phi) is 56.2. The highest BCUT2D eigenvalue weighted by Gasteiger charge is 2.28. The van der Waals surface area contributed by atoms with Gasteiger partial charge >= 0.3 is 25.7 Å². The molecule has 0 heterocycles. The number of unbranched alkanes of at least 4 members (excludes halogenated alkanes) is 31. The minimum Gasteiger partial charge on any atom is -0.462 e. The normalized spacial score (nSPS) is 13.7. The van der Waals surface area contributed by atoms with Gasteiger partial charge in [-0.15, -0.1) is 0 Å². The number of ether oxygens (including phenoxy) is 3. The Morgan fingerprint density at radius 1 is 0.382 bits per heavy atom. The third-order valence-corrected chi connectivity index (χ3v) is 14.4. The van der Waals surface area contributed by atoms with Crippen LogP contribution in [0.2, 0.25) is 0 Å². The lowest BCUT2D eigenvalue weighted by atomic mass is 10.0. The first-order valence-corrected chi connectivity index (χ1v) is 32.7. The van der Waals surface area contributed by atoms with Gasteiger partial charge in [-0.25, -0.2) is 4.57 Å². The number of carbonyl (C=O) groups is 3. The molecular weight excluding hydrogens is 976 g/mol. The summed E-state index contributed by atoms with van der Waals surface area (Å²) in [5, 5.41) is 9.83. The average Bonchev–Trinajstić information content (AvgIpc) is 3.41. The Hall–Kier alpha value is -2.82. The van der Waals surface area contributed by atoms with E-state index in [1.807, 2.05) is 0 Å². The van der Waals surface area contributed by atoms with Crippen LogP contribution in [-0.4, -0.2) is 66.5 Å². The molecule has 0 amide bonds. The largest absolute Gasteiger partial charge is 0.472 e. The van der Waals surface area contributed by atoms with Gasteiger partial charge in [0.15, 0.2) is 6.10 Å². The van der Waals surface area contributed by atoms with Gasteiger partial charge in [0, 0.05) is 19.3 Å². The fraction of sp³-hybridized carbons (Fsp3) is 0.797. The van der Waals surface area contributed by atoms with Crippen molar-refractivity contribution < 1.29 is 52.2 Å². The molecule has 3 unspecified atom stereocenters. The number of phosphoric ester groups is 1. The maximum atomic E-state index is 12.9. The van der Waals surface area contributed by atoms with Gasteiger partial charge in [-0.05, 0) is 83.5 Å². The van der Waals surface area contributed by atoms with Crippen LogP contribution in [0.3, 0.4) is 0 Å². The molecule has 0 aromatic heterocycles. The molecule has 0 radical (unpaired) electrons. The molecule has 0 aromatic rings. The molecule has 0 aliphatic carbocycles. The van der Waals surface area contributed by atoms with Gasteiger partial charge in [-0.1, -0.05) is 248 Å². The van der Waals surface area contributed by atoms with Gasteiger partial charge < -0.3 is 24.2 Å². The maximum absolute atomic E-state index is 12.9. The number of phosphoric acid groups is 1. The summed E-state index contributed by atoms with van der Waals surface area (Å²) in [5.41, 5.74) is 0. The number of hydrogen-bond donors (Lipinski definition) is 2. The second kappa shape index (κ2) is 58.3. The first-order chi connectivity index (χ1) is 37.2. The zero-order chi connectivity index (χ0) is 55.5. The van der Waals surface area contributed by atoms with E-state index in [4.69, 9.17) is 23.3 Å². The number of aliphatic hydroxyl groups excluding tert-OH is 1. The number of allylic oxidation sites excluding steroid dienone is 10. The van der Waals surface area contributed by atoms with Crippen LogP contribution < -0.4 is 0 Å². The molecule has 76 heavy (non-hydrogen) atoms. The highest BCUT2D eigenvalue weighted by Crippen LogP contribution is 2.43. The smallest absolute Gasteiger partial charge is 0.462 e. The minimum absolute atomic E-state index is 0.161. The van der Waals surface area contributed by atoms with Crippen LogP contribution in [0.15, 0.2) is 60.8 Å². The number of hydrogen-bond acceptors (Lipinski definition) is 10. The molecule has 0 saturated carbocycles. The predicted molar refractivity (Wildman–Crippen MR) is 316 cm³/mol. The molecule has 11 nitrogen and oxygen atoms in total. The minimum atomic E-state index is -4.75. The summed E-state index contributed by atoms with van der Waals surface area (Å²) in [6.07, 6.45) is 64.5. The highest BCUT2D eigenvalue weighted by molar-refractivity contribution is 7.47. The molecule has 0 spiro atoms. The number of carbonyl (C=O) groups excluding carboxylic acids is 3. The molecule has 0 saturated heterocycles. The van der Waals surface area contributed by atoms with E-state index < -0.39 is 57.8 Å². The van der Waals surface area contributed by atoms with Crippen molar-refractivity contribution in [3.63, 3.8) is 0 Å². The summed E-state index contributed by atoms with van der Waals surface area (Å²) in [7, 11) is -4.75. The van der Waals surface area contributed by atoms with E-state index in [1.165, 1.54) is 128 Å². The van der Waals surface area contributed by atoms with Gasteiger partial charge in [-0.2, -0.15) is 0 Å². The molecule has 0 aliphatic rings. The van der Waals surface area contributed by atoms with E-state index in [0.717, 1.165) is 103 Å². The van der Waals surface area contributed by atoms with Crippen molar-refractivity contribution in [3.8, 4) is 0 Å². The molecule has 2 N–H and O–H groups in total. The quantitative estimate of drug-likeness (QED) is 0.0197. The molecule has 0 fully saturated rings. The number of aliphatic hydroxyl groups is 1. The van der Waals surface area contributed by atoms with Crippen LogP contribution in [0.1, 0.15) is 290 Å². The number of esters is 3. The van der Waals surface area contributed by atoms with Gasteiger partial charge in [0.25, 0.3) is 0 Å². The van der Waals surface area contributed by atoms with E-state index in [1.54, 1.807) is 0 Å². The summed E-state index contributed by atoms with van der Waals surface area (Å²) in [5.74, 6) is -1.46. The van der Waals surface area contributed by atoms with E-state index in [9.17, 15) is 28.9 Å². The van der Waals surface area contributed by atoms with Crippen LogP contribution in [0.4, 0.5) is 0 Å². The van der Waals surface area contributed by atoms with Crippen molar-refractivity contribution >= 4 is 25.7 Å². The highest BCUT2D eigenvalue weighted by atomic mass is 31.2. The van der Waals surface area contributed by atoms with Crippen molar-refractivity contribution in [2.24, 2.45) is 0 Å². The summed E-state index contributed by atoms with van der Waals surface area (Å²) in [6.45, 7) is 4.54. The molecule has 0 aromatic carbocycles. The average molecular weight is 1090 g/mol. The summed E-state index contributed by atoms with van der Waals surface area (Å²) >= 11 is 0. The van der Waals surface area contributed by atoms with Crippen LogP contribution in [0.25, 0.3) is 0 Å². The molecule has 0 rings (SSSR count). The fourth-order valence-electron chi connectivity index (χ4n) is 8.70. The zero-order valence-corrected chi connectivity index (χ0v) is 49.9. The van der Waals surface area contributed by atoms with E-state index >= 15 is 0 Å². The summed E-state index contributed by atoms with van der Waals surface area (Å²) in [6, 6.07) is 0. The van der Waals surface area contributed by atoms with E-state index in [2.05, 4.69) is 81.5 Å². The first kappa shape index (κ1) is 73.2. The van der Waals surface area contributed by atoms with E-state index in [0.29, 0.717) is 19.3 Å². The Morgan fingerprint density at radius 2 is 0.684 bits per heavy atom. The van der Waals surface area contributed by atoms with Crippen molar-refractivity contribution in [2.75, 3.05) is 26.4 Å². The number of rotatable bonds is 58. The Bertz CT molecular complexity index is 1510. The maximum Gasteiger partial charge on any atom is 0.472 e. The lowest BCUT2D eigenvalue weighted by Crippen LogP contribution is -2.30. The Balaban J connectivity index is 4.71. The molecule has 0 bridgehead atoms. The lowest BCUT2D eigenvalue weighted by Gasteiger charge is -2.21. The molecular formula is C64H115O11P. The fourth-order valence-corrected chi connectivity index (χ4v) is 9.48. The second-order valence-corrected chi connectivity index (χ2v) is 22.3. The van der Waals surface area contributed by atoms with Crippen LogP contribution in [-0.2, 0) is 42.2 Å². The SMILES string of the molecule is CC/C=C\C/C=C\C/C=C\CCCCCCCCCC(=O)OCC(COP(=O)(O)OCC(CO)OC(=O)CCCCCCCCCCCCCCC)OC(=O)CCCCCCCCCCC/C=C\C/C=C\CCCCC. The monoisotopic (exact) mass is 1090 g/mol. The van der Waals surface area contributed by atoms with Crippen LogP contribution in [0.5, 0.6) is 0 Å². The van der Waals surface area contributed by atoms with Crippen LogP contribution in [0, 0.1) is 0 Å². The first-order valence-electron chi connectivity index (χ1n) is 31.2. The molecule has 0 aliphatic heterocycles. The van der Waals surface area contributed by atoms with Crippen molar-refractivity contribution in [1.29, 1.82) is 0 Å². The topological polar surface area (TPSA) is 155 Å². The van der Waals surface area contributed by atoms with Gasteiger partial charge in [-0.3, -0.25) is 23.4 Å². The third kappa shape index (κ3) is 55.9. The van der Waals surface area contributed by atoms with Crippen molar-refractivity contribution in [1.82, 2.24) is 0 Å². The van der Waals surface area contributed by atoms with Gasteiger partial charge in [0.1, 0.15) is 12.7 Å². The van der Waals surface area contributed by atoms with Crippen LogP contribution >= 0.6 is 7.82 Å². The lowest BCUT2D eigenvalue weighted by molar-refractivity contribution is -0.161. The standard InChI is InChI=1S/C64H115O11P/c1-4-7-10-13-16-19-22-25-27-29-30-32-34-37-40-43-46-49-52-55-64(68)75-61(57-71-62(66)53-50-47-44-41-38-36-33-31-28-26-23-20-17-14-11-8-5-2)59-73-76(69,70)72-58-60(56-65)74-63(67)54-51-48-45-42-39-35-24-21-18-15-12-9-6-3/h8,11,16-17,19-20,25-28,60-61,65H,4-7,9-10,12-15,18,21-24,29-59H2,1-3H3,(H,69,70)/b11-8-,19-16-,20-17-,27-25-,28-26-. The molecule has 3 atom stereocenters. The third-order valence-electron chi connectivity index (χ3n) is 13.4. The van der Waals surface area contributed by atoms with Crippen molar-refractivity contribution in [2.45, 2.75) is 303 Å². The van der Waals surface area contributed by atoms with E-state index in [-0.39, 0.29) is 25.9 Å². The predicted octanol–water partition coefficient (Wildman–Crippen LogP) is 18.7. The summed E-state index contributed by atoms with van der Waals surface area (Å²) in [4.78, 5) is 48.7. The molecule has 442 valence electrons.